The zero-order valence-electron chi connectivity index (χ0n) is 6.34. The molecule has 1 heterocycles. The first kappa shape index (κ1) is 9.29. The monoisotopic (exact) mass is 198 g/mol. The number of rotatable bonds is 2. The largest absolute Gasteiger partial charge is 0.374 e. The SMILES string of the molecule is CC1(CS(=O)(=O)Cl)CCCO1. The summed E-state index contributed by atoms with van der Waals surface area (Å²) in [5, 5.41) is 0. The third-order valence-corrected chi connectivity index (χ3v) is 3.06. The van der Waals surface area contributed by atoms with Crippen molar-refractivity contribution in [2.45, 2.75) is 25.4 Å². The molecule has 1 aliphatic heterocycles. The second-order valence-electron chi connectivity index (χ2n) is 3.09. The zero-order valence-corrected chi connectivity index (χ0v) is 7.91. The summed E-state index contributed by atoms with van der Waals surface area (Å²) in [4.78, 5) is 0. The molecule has 0 saturated carbocycles. The highest BCUT2D eigenvalue weighted by Gasteiger charge is 2.34. The Balaban J connectivity index is 2.60. The topological polar surface area (TPSA) is 43.4 Å². The molecule has 0 spiro atoms. The predicted octanol–water partition coefficient (Wildman–Crippen LogP) is 1.12. The van der Waals surface area contributed by atoms with Gasteiger partial charge in [0.2, 0.25) is 9.05 Å². The number of hydrogen-bond donors (Lipinski definition) is 0. The third kappa shape index (κ3) is 2.97. The van der Waals surface area contributed by atoms with E-state index < -0.39 is 14.7 Å². The van der Waals surface area contributed by atoms with Gasteiger partial charge >= 0.3 is 0 Å². The van der Waals surface area contributed by atoms with Gasteiger partial charge in [-0.05, 0) is 19.8 Å². The Labute approximate surface area is 71.1 Å². The number of ether oxygens (including phenoxy) is 1. The van der Waals surface area contributed by atoms with Crippen LogP contribution in [-0.4, -0.2) is 26.4 Å². The van der Waals surface area contributed by atoms with Crippen molar-refractivity contribution < 1.29 is 13.2 Å². The van der Waals surface area contributed by atoms with Gasteiger partial charge in [0.1, 0.15) is 0 Å². The molecule has 1 aliphatic rings. The molecule has 66 valence electrons. The lowest BCUT2D eigenvalue weighted by atomic mass is 10.1. The van der Waals surface area contributed by atoms with Crippen molar-refractivity contribution in [2.75, 3.05) is 12.4 Å². The van der Waals surface area contributed by atoms with Gasteiger partial charge in [0.05, 0.1) is 11.4 Å². The van der Waals surface area contributed by atoms with Gasteiger partial charge in [0.25, 0.3) is 0 Å². The van der Waals surface area contributed by atoms with Crippen molar-refractivity contribution in [1.29, 1.82) is 0 Å². The van der Waals surface area contributed by atoms with E-state index >= 15 is 0 Å². The maximum atomic E-state index is 10.7. The molecule has 0 aromatic rings. The molecule has 5 heteroatoms. The van der Waals surface area contributed by atoms with Crippen molar-refractivity contribution in [3.8, 4) is 0 Å². The molecule has 1 fully saturated rings. The van der Waals surface area contributed by atoms with Crippen molar-refractivity contribution in [1.82, 2.24) is 0 Å². The molecule has 1 unspecified atom stereocenters. The summed E-state index contributed by atoms with van der Waals surface area (Å²) in [7, 11) is 1.68. The van der Waals surface area contributed by atoms with Crippen LogP contribution in [0.4, 0.5) is 0 Å². The number of hydrogen-bond acceptors (Lipinski definition) is 3. The van der Waals surface area contributed by atoms with E-state index in [0.29, 0.717) is 6.61 Å². The van der Waals surface area contributed by atoms with Crippen LogP contribution >= 0.6 is 10.7 Å². The fourth-order valence-electron chi connectivity index (χ4n) is 1.32. The summed E-state index contributed by atoms with van der Waals surface area (Å²) in [6.07, 6.45) is 1.70. The Morgan fingerprint density at radius 1 is 1.64 bits per heavy atom. The molecular weight excluding hydrogens is 188 g/mol. The zero-order chi connectivity index (χ0) is 8.54. The second-order valence-corrected chi connectivity index (χ2v) is 5.86. The van der Waals surface area contributed by atoms with Crippen LogP contribution in [0.3, 0.4) is 0 Å². The standard InChI is InChI=1S/C6H11ClO3S/c1-6(3-2-4-10-6)5-11(7,8)9/h2-5H2,1H3. The summed E-state index contributed by atoms with van der Waals surface area (Å²) in [5.74, 6) is -0.0818. The van der Waals surface area contributed by atoms with Crippen molar-refractivity contribution in [2.24, 2.45) is 0 Å². The summed E-state index contributed by atoms with van der Waals surface area (Å²) in [5.41, 5.74) is -0.541. The molecule has 3 nitrogen and oxygen atoms in total. The molecule has 1 atom stereocenters. The average molecular weight is 199 g/mol. The molecular formula is C6H11ClO3S. The molecule has 11 heavy (non-hydrogen) atoms. The van der Waals surface area contributed by atoms with Gasteiger partial charge in [-0.25, -0.2) is 8.42 Å². The maximum Gasteiger partial charge on any atom is 0.235 e. The lowest BCUT2D eigenvalue weighted by Crippen LogP contribution is -2.30. The average Bonchev–Trinajstić information content (AvgIpc) is 2.09. The van der Waals surface area contributed by atoms with Gasteiger partial charge < -0.3 is 4.74 Å². The van der Waals surface area contributed by atoms with E-state index in [9.17, 15) is 8.42 Å². The highest BCUT2D eigenvalue weighted by Crippen LogP contribution is 2.27. The fourth-order valence-corrected chi connectivity index (χ4v) is 2.96. The molecule has 1 rings (SSSR count). The Bertz CT molecular complexity index is 228. The van der Waals surface area contributed by atoms with Crippen LogP contribution in [0.1, 0.15) is 19.8 Å². The molecule has 0 N–H and O–H groups in total. The van der Waals surface area contributed by atoms with E-state index in [1.54, 1.807) is 6.92 Å². The molecule has 1 saturated heterocycles. The first-order valence-corrected chi connectivity index (χ1v) is 5.95. The highest BCUT2D eigenvalue weighted by molar-refractivity contribution is 8.13. The Hall–Kier alpha value is 0.200. The van der Waals surface area contributed by atoms with E-state index in [4.69, 9.17) is 15.4 Å². The Morgan fingerprint density at radius 3 is 2.64 bits per heavy atom. The first-order chi connectivity index (χ1) is 4.91. The molecule has 0 amide bonds. The van der Waals surface area contributed by atoms with Gasteiger partial charge in [-0.3, -0.25) is 0 Å². The highest BCUT2D eigenvalue weighted by atomic mass is 35.7. The van der Waals surface area contributed by atoms with Gasteiger partial charge in [-0.1, -0.05) is 0 Å². The third-order valence-electron chi connectivity index (χ3n) is 1.78. The summed E-state index contributed by atoms with van der Waals surface area (Å²) >= 11 is 0. The minimum atomic E-state index is -3.42. The predicted molar refractivity (Wildman–Crippen MR) is 43.2 cm³/mol. The second kappa shape index (κ2) is 2.92. The molecule has 0 aromatic carbocycles. The molecule has 0 aliphatic carbocycles. The number of halogens is 1. The smallest absolute Gasteiger partial charge is 0.235 e. The van der Waals surface area contributed by atoms with E-state index in [-0.39, 0.29) is 5.75 Å². The minimum Gasteiger partial charge on any atom is -0.374 e. The van der Waals surface area contributed by atoms with Gasteiger partial charge in [0, 0.05) is 17.3 Å². The van der Waals surface area contributed by atoms with Gasteiger partial charge in [0.15, 0.2) is 0 Å². The van der Waals surface area contributed by atoms with Gasteiger partial charge in [-0.15, -0.1) is 0 Å². The lowest BCUT2D eigenvalue weighted by Gasteiger charge is -2.20. The first-order valence-electron chi connectivity index (χ1n) is 3.48. The van der Waals surface area contributed by atoms with Crippen LogP contribution < -0.4 is 0 Å². The van der Waals surface area contributed by atoms with Crippen LogP contribution in [0.15, 0.2) is 0 Å². The van der Waals surface area contributed by atoms with Crippen LogP contribution in [0.25, 0.3) is 0 Å². The Kier molecular flexibility index (Phi) is 2.46. The maximum absolute atomic E-state index is 10.7. The van der Waals surface area contributed by atoms with E-state index in [1.165, 1.54) is 0 Å². The lowest BCUT2D eigenvalue weighted by molar-refractivity contribution is 0.0397. The van der Waals surface area contributed by atoms with Crippen LogP contribution in [0.5, 0.6) is 0 Å². The van der Waals surface area contributed by atoms with Crippen LogP contribution in [-0.2, 0) is 13.8 Å². The van der Waals surface area contributed by atoms with E-state index in [0.717, 1.165) is 12.8 Å². The Morgan fingerprint density at radius 2 is 2.27 bits per heavy atom. The molecule has 0 bridgehead atoms. The summed E-state index contributed by atoms with van der Waals surface area (Å²) < 4.78 is 26.6. The van der Waals surface area contributed by atoms with Crippen LogP contribution in [0.2, 0.25) is 0 Å². The summed E-state index contributed by atoms with van der Waals surface area (Å²) in [6.45, 7) is 2.42. The van der Waals surface area contributed by atoms with E-state index in [2.05, 4.69) is 0 Å². The molecule has 0 aromatic heterocycles. The minimum absolute atomic E-state index is 0.0818. The molecule has 0 radical (unpaired) electrons. The normalized spacial score (nSPS) is 32.5. The van der Waals surface area contributed by atoms with Crippen molar-refractivity contribution in [3.63, 3.8) is 0 Å². The van der Waals surface area contributed by atoms with Crippen LogP contribution in [0, 0.1) is 0 Å². The summed E-state index contributed by atoms with van der Waals surface area (Å²) in [6, 6.07) is 0. The van der Waals surface area contributed by atoms with Crippen molar-refractivity contribution in [3.05, 3.63) is 0 Å². The van der Waals surface area contributed by atoms with Gasteiger partial charge in [-0.2, -0.15) is 0 Å². The van der Waals surface area contributed by atoms with E-state index in [1.807, 2.05) is 0 Å². The quantitative estimate of drug-likeness (QED) is 0.625. The van der Waals surface area contributed by atoms with Crippen molar-refractivity contribution >= 4 is 19.7 Å². The fraction of sp³-hybridized carbons (Fsp3) is 1.00.